The SMILES string of the molecule is C1CCC1.CC(C)N1CCN(C)CC1.CCCO. The summed E-state index contributed by atoms with van der Waals surface area (Å²) in [5.74, 6) is 0. The maximum absolute atomic E-state index is 7.88. The fraction of sp³-hybridized carbons (Fsp3) is 1.00. The zero-order valence-electron chi connectivity index (χ0n) is 13.0. The van der Waals surface area contributed by atoms with Crippen LogP contribution in [0.3, 0.4) is 0 Å². The van der Waals surface area contributed by atoms with Crippen molar-refractivity contribution in [2.45, 2.75) is 58.9 Å². The van der Waals surface area contributed by atoms with E-state index in [1.54, 1.807) is 0 Å². The second kappa shape index (κ2) is 11.9. The molecule has 2 aliphatic rings. The maximum atomic E-state index is 7.88. The Morgan fingerprint density at radius 2 is 1.33 bits per heavy atom. The lowest BCUT2D eigenvalue weighted by Gasteiger charge is -2.34. The van der Waals surface area contributed by atoms with Crippen LogP contribution in [0.5, 0.6) is 0 Å². The number of rotatable bonds is 2. The molecule has 1 saturated carbocycles. The summed E-state index contributed by atoms with van der Waals surface area (Å²) >= 11 is 0. The molecule has 3 heteroatoms. The lowest BCUT2D eigenvalue weighted by molar-refractivity contribution is 0.126. The lowest BCUT2D eigenvalue weighted by atomic mass is 10.0. The smallest absolute Gasteiger partial charge is 0.0428 e. The molecule has 0 radical (unpaired) electrons. The van der Waals surface area contributed by atoms with Gasteiger partial charge in [0.1, 0.15) is 0 Å². The molecule has 1 saturated heterocycles. The number of hydrogen-bond acceptors (Lipinski definition) is 3. The summed E-state index contributed by atoms with van der Waals surface area (Å²) in [4.78, 5) is 4.92. The highest BCUT2D eigenvalue weighted by Gasteiger charge is 2.15. The third kappa shape index (κ3) is 9.86. The predicted molar refractivity (Wildman–Crippen MR) is 80.1 cm³/mol. The van der Waals surface area contributed by atoms with Gasteiger partial charge in [0.15, 0.2) is 0 Å². The predicted octanol–water partition coefficient (Wildman–Crippen LogP) is 2.59. The first-order chi connectivity index (χ1) is 8.61. The summed E-state index contributed by atoms with van der Waals surface area (Å²) in [6.07, 6.45) is 6.88. The summed E-state index contributed by atoms with van der Waals surface area (Å²) < 4.78 is 0. The molecule has 1 aliphatic heterocycles. The number of nitrogens with zero attached hydrogens (tertiary/aromatic N) is 2. The van der Waals surface area contributed by atoms with Gasteiger partial charge in [-0.2, -0.15) is 0 Å². The lowest BCUT2D eigenvalue weighted by Crippen LogP contribution is -2.47. The average molecular weight is 258 g/mol. The molecule has 1 heterocycles. The number of aliphatic hydroxyl groups excluding tert-OH is 1. The van der Waals surface area contributed by atoms with Crippen molar-refractivity contribution in [2.24, 2.45) is 0 Å². The molecule has 1 aliphatic carbocycles. The number of aliphatic hydroxyl groups is 1. The Hall–Kier alpha value is -0.120. The third-order valence-corrected chi connectivity index (χ3v) is 3.49. The zero-order valence-corrected chi connectivity index (χ0v) is 13.0. The van der Waals surface area contributed by atoms with Gasteiger partial charge in [0.2, 0.25) is 0 Å². The highest BCUT2D eigenvalue weighted by Crippen LogP contribution is 2.15. The molecule has 2 rings (SSSR count). The van der Waals surface area contributed by atoms with E-state index in [0.717, 1.165) is 12.5 Å². The van der Waals surface area contributed by atoms with Gasteiger partial charge in [-0.1, -0.05) is 32.6 Å². The van der Waals surface area contributed by atoms with Crippen molar-refractivity contribution < 1.29 is 5.11 Å². The van der Waals surface area contributed by atoms with Gasteiger partial charge in [-0.05, 0) is 27.3 Å². The van der Waals surface area contributed by atoms with Crippen molar-refractivity contribution in [1.82, 2.24) is 9.80 Å². The summed E-state index contributed by atoms with van der Waals surface area (Å²) in [5.41, 5.74) is 0. The van der Waals surface area contributed by atoms with E-state index < -0.39 is 0 Å². The first-order valence-corrected chi connectivity index (χ1v) is 7.65. The molecule has 0 spiro atoms. The van der Waals surface area contributed by atoms with E-state index in [1.165, 1.54) is 51.9 Å². The molecular weight excluding hydrogens is 224 g/mol. The number of likely N-dealkylation sites (N-methyl/N-ethyl adjacent to an activating group) is 1. The molecule has 2 fully saturated rings. The second-order valence-corrected chi connectivity index (χ2v) is 5.57. The Labute approximate surface area is 114 Å². The van der Waals surface area contributed by atoms with E-state index in [9.17, 15) is 0 Å². The molecule has 0 aromatic rings. The highest BCUT2D eigenvalue weighted by molar-refractivity contribution is 4.71. The van der Waals surface area contributed by atoms with Gasteiger partial charge in [-0.25, -0.2) is 0 Å². The Bertz CT molecular complexity index is 156. The van der Waals surface area contributed by atoms with Crippen molar-refractivity contribution in [3.05, 3.63) is 0 Å². The van der Waals surface area contributed by atoms with Crippen LogP contribution in [0.25, 0.3) is 0 Å². The van der Waals surface area contributed by atoms with E-state index in [4.69, 9.17) is 5.11 Å². The van der Waals surface area contributed by atoms with Crippen LogP contribution in [-0.2, 0) is 0 Å². The third-order valence-electron chi connectivity index (χ3n) is 3.49. The van der Waals surface area contributed by atoms with Crippen molar-refractivity contribution in [2.75, 3.05) is 39.8 Å². The zero-order chi connectivity index (χ0) is 13.8. The van der Waals surface area contributed by atoms with Gasteiger partial charge in [0, 0.05) is 38.8 Å². The van der Waals surface area contributed by atoms with E-state index >= 15 is 0 Å². The second-order valence-electron chi connectivity index (χ2n) is 5.57. The number of hydrogen-bond donors (Lipinski definition) is 1. The summed E-state index contributed by atoms with van der Waals surface area (Å²) in [7, 11) is 2.19. The fourth-order valence-electron chi connectivity index (χ4n) is 1.59. The fourth-order valence-corrected chi connectivity index (χ4v) is 1.59. The van der Waals surface area contributed by atoms with Crippen LogP contribution in [0.15, 0.2) is 0 Å². The van der Waals surface area contributed by atoms with Crippen LogP contribution in [0.2, 0.25) is 0 Å². The van der Waals surface area contributed by atoms with Gasteiger partial charge < -0.3 is 10.0 Å². The summed E-state index contributed by atoms with van der Waals surface area (Å²) in [6.45, 7) is 11.7. The highest BCUT2D eigenvalue weighted by atomic mass is 16.2. The molecule has 1 N–H and O–H groups in total. The minimum atomic E-state index is 0.319. The first-order valence-electron chi connectivity index (χ1n) is 7.65. The van der Waals surface area contributed by atoms with Crippen LogP contribution < -0.4 is 0 Å². The average Bonchev–Trinajstić information content (AvgIpc) is 2.28. The van der Waals surface area contributed by atoms with Crippen molar-refractivity contribution in [3.63, 3.8) is 0 Å². The molecule has 18 heavy (non-hydrogen) atoms. The van der Waals surface area contributed by atoms with Crippen LogP contribution in [0.4, 0.5) is 0 Å². The standard InChI is InChI=1S/C8H18N2.C4H8.C3H8O/c1-8(2)10-6-4-9(3)5-7-10;1-2-4-3-1;1-2-3-4/h8H,4-7H2,1-3H3;1-4H2;4H,2-3H2,1H3. The molecule has 0 atom stereocenters. The number of piperazine rings is 1. The normalized spacial score (nSPS) is 20.3. The Morgan fingerprint density at radius 1 is 0.944 bits per heavy atom. The maximum Gasteiger partial charge on any atom is 0.0428 e. The minimum Gasteiger partial charge on any atom is -0.396 e. The van der Waals surface area contributed by atoms with Crippen LogP contribution >= 0.6 is 0 Å². The molecule has 110 valence electrons. The van der Waals surface area contributed by atoms with Crippen LogP contribution in [0, 0.1) is 0 Å². The molecule has 0 aromatic heterocycles. The Morgan fingerprint density at radius 3 is 1.56 bits per heavy atom. The van der Waals surface area contributed by atoms with Gasteiger partial charge in [-0.15, -0.1) is 0 Å². The van der Waals surface area contributed by atoms with E-state index in [2.05, 4.69) is 30.7 Å². The van der Waals surface area contributed by atoms with Crippen LogP contribution in [-0.4, -0.2) is 60.8 Å². The van der Waals surface area contributed by atoms with E-state index in [0.29, 0.717) is 6.61 Å². The molecule has 0 unspecified atom stereocenters. The van der Waals surface area contributed by atoms with Gasteiger partial charge in [0.05, 0.1) is 0 Å². The largest absolute Gasteiger partial charge is 0.396 e. The van der Waals surface area contributed by atoms with Gasteiger partial charge in [-0.3, -0.25) is 4.90 Å². The monoisotopic (exact) mass is 258 g/mol. The molecule has 0 bridgehead atoms. The minimum absolute atomic E-state index is 0.319. The summed E-state index contributed by atoms with van der Waals surface area (Å²) in [6, 6.07) is 0.730. The molecule has 0 aromatic carbocycles. The molecule has 0 amide bonds. The van der Waals surface area contributed by atoms with Crippen molar-refractivity contribution in [3.8, 4) is 0 Å². The molecule has 3 nitrogen and oxygen atoms in total. The Kier molecular flexibility index (Phi) is 11.9. The van der Waals surface area contributed by atoms with Crippen LogP contribution in [0.1, 0.15) is 52.9 Å². The molecular formula is C15H34N2O. The van der Waals surface area contributed by atoms with Gasteiger partial charge >= 0.3 is 0 Å². The van der Waals surface area contributed by atoms with Gasteiger partial charge in [0.25, 0.3) is 0 Å². The first kappa shape index (κ1) is 17.9. The topological polar surface area (TPSA) is 26.7 Å². The van der Waals surface area contributed by atoms with Crippen molar-refractivity contribution in [1.29, 1.82) is 0 Å². The quantitative estimate of drug-likeness (QED) is 0.825. The van der Waals surface area contributed by atoms with E-state index in [1.807, 2.05) is 6.92 Å². The van der Waals surface area contributed by atoms with E-state index in [-0.39, 0.29) is 0 Å². The van der Waals surface area contributed by atoms with Crippen molar-refractivity contribution >= 4 is 0 Å². The summed E-state index contributed by atoms with van der Waals surface area (Å²) in [5, 5.41) is 7.88. The Balaban J connectivity index is 0.000000297.